The minimum Gasteiger partial charge on any atom is -0.480 e. The SMILES string of the molecule is Cc1cnc(NC(C(=O)O)C(C)C)c2ccccc12. The average molecular weight is 258 g/mol. The number of rotatable bonds is 4. The molecule has 1 aromatic carbocycles. The first-order chi connectivity index (χ1) is 9.00. The van der Waals surface area contributed by atoms with Crippen LogP contribution in [-0.4, -0.2) is 22.1 Å². The molecule has 1 heterocycles. The number of pyridine rings is 1. The molecule has 4 nitrogen and oxygen atoms in total. The van der Waals surface area contributed by atoms with Crippen LogP contribution in [0.25, 0.3) is 10.8 Å². The predicted molar refractivity (Wildman–Crippen MR) is 76.4 cm³/mol. The predicted octanol–water partition coefficient (Wildman–Crippen LogP) is 3.06. The number of carboxylic acids is 1. The summed E-state index contributed by atoms with van der Waals surface area (Å²) in [6.45, 7) is 5.75. The number of nitrogens with zero attached hydrogens (tertiary/aromatic N) is 1. The molecule has 0 amide bonds. The Bertz CT molecular complexity index is 608. The number of benzene rings is 1. The van der Waals surface area contributed by atoms with Crippen LogP contribution in [-0.2, 0) is 4.79 Å². The average Bonchev–Trinajstić information content (AvgIpc) is 2.37. The molecule has 0 spiro atoms. The minimum absolute atomic E-state index is 0.0145. The molecule has 19 heavy (non-hydrogen) atoms. The highest BCUT2D eigenvalue weighted by atomic mass is 16.4. The van der Waals surface area contributed by atoms with Crippen molar-refractivity contribution in [3.63, 3.8) is 0 Å². The number of anilines is 1. The van der Waals surface area contributed by atoms with E-state index in [2.05, 4.69) is 10.3 Å². The van der Waals surface area contributed by atoms with Crippen molar-refractivity contribution in [1.82, 2.24) is 4.98 Å². The lowest BCUT2D eigenvalue weighted by Gasteiger charge is -2.19. The van der Waals surface area contributed by atoms with Crippen LogP contribution < -0.4 is 5.32 Å². The van der Waals surface area contributed by atoms with Crippen LogP contribution in [0.1, 0.15) is 19.4 Å². The Kier molecular flexibility index (Phi) is 3.69. The first-order valence-corrected chi connectivity index (χ1v) is 6.34. The summed E-state index contributed by atoms with van der Waals surface area (Å²) in [4.78, 5) is 15.6. The Morgan fingerprint density at radius 2 is 1.89 bits per heavy atom. The first-order valence-electron chi connectivity index (χ1n) is 6.34. The van der Waals surface area contributed by atoms with Crippen LogP contribution in [0.4, 0.5) is 5.82 Å². The van der Waals surface area contributed by atoms with E-state index in [1.165, 1.54) is 0 Å². The Balaban J connectivity index is 2.46. The zero-order valence-corrected chi connectivity index (χ0v) is 11.3. The summed E-state index contributed by atoms with van der Waals surface area (Å²) in [6, 6.07) is 7.23. The number of aliphatic carboxylic acids is 1. The third-order valence-corrected chi connectivity index (χ3v) is 3.22. The van der Waals surface area contributed by atoms with Crippen molar-refractivity contribution in [2.24, 2.45) is 5.92 Å². The number of carbonyl (C=O) groups is 1. The Hall–Kier alpha value is -2.10. The van der Waals surface area contributed by atoms with Gasteiger partial charge in [0.1, 0.15) is 11.9 Å². The smallest absolute Gasteiger partial charge is 0.326 e. The number of fused-ring (bicyclic) bond motifs is 1. The van der Waals surface area contributed by atoms with Gasteiger partial charge in [-0.2, -0.15) is 0 Å². The maximum absolute atomic E-state index is 11.3. The van der Waals surface area contributed by atoms with E-state index in [1.54, 1.807) is 6.20 Å². The van der Waals surface area contributed by atoms with E-state index < -0.39 is 12.0 Å². The molecular formula is C15H18N2O2. The van der Waals surface area contributed by atoms with Crippen LogP contribution in [0.3, 0.4) is 0 Å². The summed E-state index contributed by atoms with van der Waals surface area (Å²) in [7, 11) is 0. The molecule has 0 radical (unpaired) electrons. The third kappa shape index (κ3) is 2.67. The largest absolute Gasteiger partial charge is 0.480 e. The van der Waals surface area contributed by atoms with Gasteiger partial charge in [0, 0.05) is 11.6 Å². The maximum Gasteiger partial charge on any atom is 0.326 e. The molecule has 1 unspecified atom stereocenters. The summed E-state index contributed by atoms with van der Waals surface area (Å²) in [5.74, 6) is -0.247. The van der Waals surface area contributed by atoms with Gasteiger partial charge in [0.05, 0.1) is 0 Å². The molecule has 0 saturated carbocycles. The van der Waals surface area contributed by atoms with Gasteiger partial charge in [0.25, 0.3) is 0 Å². The lowest BCUT2D eigenvalue weighted by molar-refractivity contribution is -0.138. The summed E-state index contributed by atoms with van der Waals surface area (Å²) < 4.78 is 0. The van der Waals surface area contributed by atoms with E-state index in [1.807, 2.05) is 45.0 Å². The van der Waals surface area contributed by atoms with Crippen molar-refractivity contribution < 1.29 is 9.90 Å². The second kappa shape index (κ2) is 5.26. The van der Waals surface area contributed by atoms with Crippen molar-refractivity contribution in [2.45, 2.75) is 26.8 Å². The highest BCUT2D eigenvalue weighted by molar-refractivity contribution is 5.95. The molecule has 2 aromatic rings. The number of aromatic nitrogens is 1. The van der Waals surface area contributed by atoms with E-state index >= 15 is 0 Å². The molecule has 1 atom stereocenters. The zero-order valence-electron chi connectivity index (χ0n) is 11.3. The molecule has 100 valence electrons. The fraction of sp³-hybridized carbons (Fsp3) is 0.333. The molecule has 0 aliphatic rings. The molecule has 0 fully saturated rings. The number of nitrogens with one attached hydrogen (secondary N) is 1. The number of carboxylic acid groups (broad SMARTS) is 1. The monoisotopic (exact) mass is 258 g/mol. The Morgan fingerprint density at radius 1 is 1.26 bits per heavy atom. The van der Waals surface area contributed by atoms with E-state index in [0.29, 0.717) is 5.82 Å². The molecular weight excluding hydrogens is 240 g/mol. The molecule has 0 saturated heterocycles. The van der Waals surface area contributed by atoms with Gasteiger partial charge in [-0.25, -0.2) is 9.78 Å². The van der Waals surface area contributed by atoms with Gasteiger partial charge < -0.3 is 10.4 Å². The lowest BCUT2D eigenvalue weighted by atomic mass is 10.0. The van der Waals surface area contributed by atoms with Crippen LogP contribution in [0.15, 0.2) is 30.5 Å². The van der Waals surface area contributed by atoms with Crippen molar-refractivity contribution in [1.29, 1.82) is 0 Å². The molecule has 2 N–H and O–H groups in total. The zero-order chi connectivity index (χ0) is 14.0. The molecule has 0 bridgehead atoms. The quantitative estimate of drug-likeness (QED) is 0.884. The molecule has 0 aliphatic carbocycles. The highest BCUT2D eigenvalue weighted by Gasteiger charge is 2.22. The van der Waals surface area contributed by atoms with Crippen molar-refractivity contribution in [3.05, 3.63) is 36.0 Å². The number of hydrogen-bond acceptors (Lipinski definition) is 3. The molecule has 2 rings (SSSR count). The lowest BCUT2D eigenvalue weighted by Crippen LogP contribution is -2.34. The van der Waals surface area contributed by atoms with Crippen molar-refractivity contribution in [2.75, 3.05) is 5.32 Å². The van der Waals surface area contributed by atoms with Gasteiger partial charge >= 0.3 is 5.97 Å². The summed E-state index contributed by atoms with van der Waals surface area (Å²) >= 11 is 0. The van der Waals surface area contributed by atoms with Gasteiger partial charge in [0.2, 0.25) is 0 Å². The van der Waals surface area contributed by atoms with E-state index in [-0.39, 0.29) is 5.92 Å². The van der Waals surface area contributed by atoms with Gasteiger partial charge in [-0.05, 0) is 23.8 Å². The Morgan fingerprint density at radius 3 is 2.47 bits per heavy atom. The third-order valence-electron chi connectivity index (χ3n) is 3.22. The fourth-order valence-electron chi connectivity index (χ4n) is 2.11. The summed E-state index contributed by atoms with van der Waals surface area (Å²) in [5.41, 5.74) is 1.08. The van der Waals surface area contributed by atoms with Gasteiger partial charge in [-0.3, -0.25) is 0 Å². The van der Waals surface area contributed by atoms with Gasteiger partial charge in [-0.1, -0.05) is 38.1 Å². The topological polar surface area (TPSA) is 62.2 Å². The van der Waals surface area contributed by atoms with E-state index in [0.717, 1.165) is 16.3 Å². The van der Waals surface area contributed by atoms with E-state index in [4.69, 9.17) is 0 Å². The highest BCUT2D eigenvalue weighted by Crippen LogP contribution is 2.25. The van der Waals surface area contributed by atoms with Crippen molar-refractivity contribution in [3.8, 4) is 0 Å². The molecule has 1 aromatic heterocycles. The minimum atomic E-state index is -0.860. The van der Waals surface area contributed by atoms with E-state index in [9.17, 15) is 9.90 Å². The summed E-state index contributed by atoms with van der Waals surface area (Å²) in [6.07, 6.45) is 1.77. The number of hydrogen-bond donors (Lipinski definition) is 2. The van der Waals surface area contributed by atoms with Crippen molar-refractivity contribution >= 4 is 22.6 Å². The van der Waals surface area contributed by atoms with Gasteiger partial charge in [-0.15, -0.1) is 0 Å². The van der Waals surface area contributed by atoms with Crippen LogP contribution in [0.5, 0.6) is 0 Å². The normalized spacial score (nSPS) is 12.6. The second-order valence-corrected chi connectivity index (χ2v) is 5.04. The second-order valence-electron chi connectivity index (χ2n) is 5.04. The number of aryl methyl sites for hydroxylation is 1. The van der Waals surface area contributed by atoms with Crippen LogP contribution >= 0.6 is 0 Å². The van der Waals surface area contributed by atoms with Crippen LogP contribution in [0, 0.1) is 12.8 Å². The Labute approximate surface area is 112 Å². The first kappa shape index (κ1) is 13.3. The fourth-order valence-corrected chi connectivity index (χ4v) is 2.11. The summed E-state index contributed by atoms with van der Waals surface area (Å²) in [5, 5.41) is 14.3. The maximum atomic E-state index is 11.3. The van der Waals surface area contributed by atoms with Crippen LogP contribution in [0.2, 0.25) is 0 Å². The molecule has 4 heteroatoms. The standard InChI is InChI=1S/C15H18N2O2/c1-9(2)13(15(18)19)17-14-12-7-5-4-6-11(12)10(3)8-16-14/h4-9,13H,1-3H3,(H,16,17)(H,18,19). The molecule has 0 aliphatic heterocycles. The van der Waals surface area contributed by atoms with Gasteiger partial charge in [0.15, 0.2) is 0 Å².